The number of primary amides is 1. The number of rotatable bonds is 3. The Morgan fingerprint density at radius 3 is 2.78 bits per heavy atom. The number of nitrogens with two attached hydrogens (primary N) is 2. The van der Waals surface area contributed by atoms with Crippen molar-refractivity contribution in [2.75, 3.05) is 6.54 Å². The summed E-state index contributed by atoms with van der Waals surface area (Å²) in [6.07, 6.45) is 0. The Bertz CT molecular complexity index is 148. The van der Waals surface area contributed by atoms with E-state index in [1.54, 1.807) is 0 Å². The van der Waals surface area contributed by atoms with E-state index in [9.17, 15) is 4.79 Å². The quantitative estimate of drug-likeness (QED) is 0.292. The molecular formula is C3H7N5O. The lowest BCUT2D eigenvalue weighted by Crippen LogP contribution is -2.38. The summed E-state index contributed by atoms with van der Waals surface area (Å²) in [5.74, 6) is -0.664. The molecule has 4 N–H and O–H groups in total. The van der Waals surface area contributed by atoms with Gasteiger partial charge in [0.15, 0.2) is 0 Å². The predicted octanol–water partition coefficient (Wildman–Crippen LogP) is -0.891. The topological polar surface area (TPSA) is 118 Å². The molecule has 0 aliphatic carbocycles. The summed E-state index contributed by atoms with van der Waals surface area (Å²) >= 11 is 0. The van der Waals surface area contributed by atoms with Crippen LogP contribution in [-0.2, 0) is 4.79 Å². The second-order valence-corrected chi connectivity index (χ2v) is 1.42. The Kier molecular flexibility index (Phi) is 3.19. The van der Waals surface area contributed by atoms with E-state index < -0.39 is 11.9 Å². The van der Waals surface area contributed by atoms with E-state index in [0.29, 0.717) is 0 Å². The van der Waals surface area contributed by atoms with Crippen molar-refractivity contribution >= 4 is 5.91 Å². The fourth-order valence-corrected chi connectivity index (χ4v) is 0.214. The van der Waals surface area contributed by atoms with Crippen LogP contribution in [-0.4, -0.2) is 18.5 Å². The van der Waals surface area contributed by atoms with Crippen LogP contribution in [0.1, 0.15) is 0 Å². The maximum absolute atomic E-state index is 10.1. The Morgan fingerprint density at radius 2 is 2.44 bits per heavy atom. The number of carbonyl (C=O) groups is 1. The molecular weight excluding hydrogens is 122 g/mol. The molecule has 0 bridgehead atoms. The molecule has 1 unspecified atom stereocenters. The monoisotopic (exact) mass is 129 g/mol. The molecule has 0 saturated carbocycles. The molecule has 0 aliphatic rings. The smallest absolute Gasteiger partial charge is 0.234 e. The van der Waals surface area contributed by atoms with E-state index in [1.807, 2.05) is 0 Å². The molecule has 0 rings (SSSR count). The fraction of sp³-hybridized carbons (Fsp3) is 0.667. The molecule has 0 aromatic rings. The van der Waals surface area contributed by atoms with Crippen LogP contribution in [0.3, 0.4) is 0 Å². The number of nitrogens with zero attached hydrogens (tertiary/aromatic N) is 3. The van der Waals surface area contributed by atoms with Crippen LogP contribution in [0.2, 0.25) is 0 Å². The van der Waals surface area contributed by atoms with Crippen LogP contribution < -0.4 is 11.5 Å². The minimum Gasteiger partial charge on any atom is -0.368 e. The van der Waals surface area contributed by atoms with Crippen LogP contribution in [0.15, 0.2) is 5.11 Å². The second-order valence-electron chi connectivity index (χ2n) is 1.42. The summed E-state index contributed by atoms with van der Waals surface area (Å²) in [5.41, 5.74) is 17.5. The maximum Gasteiger partial charge on any atom is 0.234 e. The van der Waals surface area contributed by atoms with Crippen molar-refractivity contribution in [2.24, 2.45) is 16.6 Å². The van der Waals surface area contributed by atoms with Crippen molar-refractivity contribution in [1.29, 1.82) is 0 Å². The zero-order chi connectivity index (χ0) is 7.28. The van der Waals surface area contributed by atoms with Gasteiger partial charge in [0.1, 0.15) is 0 Å². The highest BCUT2D eigenvalue weighted by molar-refractivity contribution is 5.79. The van der Waals surface area contributed by atoms with Crippen molar-refractivity contribution in [3.05, 3.63) is 10.4 Å². The average molecular weight is 129 g/mol. The molecule has 0 aliphatic heterocycles. The highest BCUT2D eigenvalue weighted by Gasteiger charge is 2.05. The van der Waals surface area contributed by atoms with Gasteiger partial charge in [0, 0.05) is 11.5 Å². The van der Waals surface area contributed by atoms with Gasteiger partial charge in [-0.1, -0.05) is 5.11 Å². The van der Waals surface area contributed by atoms with Gasteiger partial charge >= 0.3 is 0 Å². The molecule has 0 aromatic carbocycles. The summed E-state index contributed by atoms with van der Waals surface area (Å²) < 4.78 is 0. The average Bonchev–Trinajstić information content (AvgIpc) is 1.82. The van der Waals surface area contributed by atoms with Gasteiger partial charge in [-0.15, -0.1) is 0 Å². The molecule has 1 amide bonds. The minimum atomic E-state index is -0.860. The van der Waals surface area contributed by atoms with E-state index in [-0.39, 0.29) is 6.54 Å². The number of amides is 1. The molecule has 9 heavy (non-hydrogen) atoms. The van der Waals surface area contributed by atoms with Crippen LogP contribution in [0.5, 0.6) is 0 Å². The summed E-state index contributed by atoms with van der Waals surface area (Å²) in [7, 11) is 0. The van der Waals surface area contributed by atoms with Crippen molar-refractivity contribution in [2.45, 2.75) is 6.04 Å². The van der Waals surface area contributed by atoms with Gasteiger partial charge in [-0.2, -0.15) is 0 Å². The van der Waals surface area contributed by atoms with Gasteiger partial charge < -0.3 is 11.5 Å². The first kappa shape index (κ1) is 7.74. The molecule has 0 saturated heterocycles. The highest BCUT2D eigenvalue weighted by Crippen LogP contribution is 1.77. The third kappa shape index (κ3) is 3.33. The number of azide groups is 1. The zero-order valence-corrected chi connectivity index (χ0v) is 4.69. The zero-order valence-electron chi connectivity index (χ0n) is 4.69. The number of hydrogen-bond acceptors (Lipinski definition) is 3. The minimum absolute atomic E-state index is 0.0775. The molecule has 0 aromatic heterocycles. The first-order valence-electron chi connectivity index (χ1n) is 2.24. The molecule has 0 heterocycles. The SMILES string of the molecule is [N-]=[N+]=NCC(N)C(N)=O. The van der Waals surface area contributed by atoms with Crippen molar-refractivity contribution < 1.29 is 4.79 Å². The second kappa shape index (κ2) is 3.71. The Balaban J connectivity index is 3.63. The molecule has 0 radical (unpaired) electrons. The molecule has 0 spiro atoms. The van der Waals surface area contributed by atoms with Gasteiger partial charge in [-0.3, -0.25) is 4.79 Å². The molecule has 50 valence electrons. The van der Waals surface area contributed by atoms with E-state index in [1.165, 1.54) is 0 Å². The number of hydrogen-bond donors (Lipinski definition) is 2. The standard InChI is InChI=1S/C3H7N5O/c4-2(3(5)9)1-7-8-6/h2H,1,4H2,(H2,5,9). The third-order valence-electron chi connectivity index (χ3n) is 0.707. The van der Waals surface area contributed by atoms with Crippen LogP contribution in [0.4, 0.5) is 0 Å². The lowest BCUT2D eigenvalue weighted by Gasteiger charge is -1.98. The Morgan fingerprint density at radius 1 is 1.89 bits per heavy atom. The van der Waals surface area contributed by atoms with Crippen molar-refractivity contribution in [1.82, 2.24) is 0 Å². The largest absolute Gasteiger partial charge is 0.368 e. The molecule has 0 fully saturated rings. The fourth-order valence-electron chi connectivity index (χ4n) is 0.214. The highest BCUT2D eigenvalue weighted by atomic mass is 16.1. The molecule has 6 nitrogen and oxygen atoms in total. The van der Waals surface area contributed by atoms with Crippen LogP contribution in [0, 0.1) is 0 Å². The van der Waals surface area contributed by atoms with Gasteiger partial charge in [-0.25, -0.2) is 0 Å². The lowest BCUT2D eigenvalue weighted by atomic mass is 10.3. The first-order chi connectivity index (χ1) is 4.18. The summed E-state index contributed by atoms with van der Waals surface area (Å²) in [6.45, 7) is -0.0775. The van der Waals surface area contributed by atoms with Gasteiger partial charge in [0.2, 0.25) is 5.91 Å². The molecule has 6 heteroatoms. The van der Waals surface area contributed by atoms with Crippen molar-refractivity contribution in [3.63, 3.8) is 0 Å². The summed E-state index contributed by atoms with van der Waals surface area (Å²) in [5, 5.41) is 3.05. The maximum atomic E-state index is 10.1. The third-order valence-corrected chi connectivity index (χ3v) is 0.707. The van der Waals surface area contributed by atoms with E-state index in [4.69, 9.17) is 17.0 Å². The normalized spacial score (nSPS) is 11.7. The van der Waals surface area contributed by atoms with Gasteiger partial charge in [-0.05, 0) is 5.53 Å². The summed E-state index contributed by atoms with van der Waals surface area (Å²) in [6, 6.07) is -0.860. The van der Waals surface area contributed by atoms with Crippen LogP contribution >= 0.6 is 0 Å². The summed E-state index contributed by atoms with van der Waals surface area (Å²) in [4.78, 5) is 12.5. The Hall–Kier alpha value is -1.26. The first-order valence-corrected chi connectivity index (χ1v) is 2.24. The Labute approximate surface area is 51.4 Å². The lowest BCUT2D eigenvalue weighted by molar-refractivity contribution is -0.119. The van der Waals surface area contributed by atoms with E-state index >= 15 is 0 Å². The van der Waals surface area contributed by atoms with Crippen molar-refractivity contribution in [3.8, 4) is 0 Å². The van der Waals surface area contributed by atoms with Gasteiger partial charge in [0.05, 0.1) is 6.04 Å². The number of carbonyl (C=O) groups excluding carboxylic acids is 1. The van der Waals surface area contributed by atoms with Crippen LogP contribution in [0.25, 0.3) is 10.4 Å². The van der Waals surface area contributed by atoms with E-state index in [0.717, 1.165) is 0 Å². The molecule has 1 atom stereocenters. The van der Waals surface area contributed by atoms with Gasteiger partial charge in [0.25, 0.3) is 0 Å². The predicted molar refractivity (Wildman–Crippen MR) is 31.2 cm³/mol. The van der Waals surface area contributed by atoms with E-state index in [2.05, 4.69) is 10.0 Å².